The van der Waals surface area contributed by atoms with Gasteiger partial charge in [0.1, 0.15) is 6.33 Å². The highest BCUT2D eigenvalue weighted by Crippen LogP contribution is 2.22. The number of benzene rings is 1. The van der Waals surface area contributed by atoms with E-state index in [0.29, 0.717) is 0 Å². The molecule has 18 heavy (non-hydrogen) atoms. The Morgan fingerprint density at radius 1 is 1.06 bits per heavy atom. The van der Waals surface area contributed by atoms with Gasteiger partial charge in [0.25, 0.3) is 0 Å². The topological polar surface area (TPSA) is 37.8 Å². The number of nitrogens with zero attached hydrogens (tertiary/aromatic N) is 2. The Kier molecular flexibility index (Phi) is 3.33. The predicted octanol–water partition coefficient (Wildman–Crippen LogP) is 2.26. The molecule has 1 aliphatic rings. The third kappa shape index (κ3) is 2.57. The average Bonchev–Trinajstić information content (AvgIpc) is 2.87. The molecule has 0 saturated heterocycles. The number of aryl methyl sites for hydroxylation is 2. The Morgan fingerprint density at radius 2 is 2.00 bits per heavy atom. The van der Waals surface area contributed by atoms with E-state index in [-0.39, 0.29) is 0 Å². The fraction of sp³-hybridized carbons (Fsp3) is 0.333. The molecular weight excluding hydrogens is 222 g/mol. The van der Waals surface area contributed by atoms with Crippen LogP contribution in [-0.4, -0.2) is 9.97 Å². The van der Waals surface area contributed by atoms with Crippen molar-refractivity contribution >= 4 is 0 Å². The van der Waals surface area contributed by atoms with Crippen molar-refractivity contribution in [3.05, 3.63) is 59.2 Å². The van der Waals surface area contributed by atoms with Gasteiger partial charge in [0.2, 0.25) is 0 Å². The van der Waals surface area contributed by atoms with Gasteiger partial charge >= 0.3 is 0 Å². The van der Waals surface area contributed by atoms with Crippen LogP contribution in [0.15, 0.2) is 36.8 Å². The van der Waals surface area contributed by atoms with E-state index in [4.69, 9.17) is 0 Å². The van der Waals surface area contributed by atoms with Crippen LogP contribution in [0.3, 0.4) is 0 Å². The molecule has 0 aliphatic heterocycles. The smallest absolute Gasteiger partial charge is 0.115 e. The van der Waals surface area contributed by atoms with Crippen LogP contribution in [0.4, 0.5) is 0 Å². The summed E-state index contributed by atoms with van der Waals surface area (Å²) >= 11 is 0. The number of aromatic nitrogens is 2. The lowest BCUT2D eigenvalue weighted by Gasteiger charge is -2.06. The fourth-order valence-electron chi connectivity index (χ4n) is 2.49. The monoisotopic (exact) mass is 239 g/mol. The summed E-state index contributed by atoms with van der Waals surface area (Å²) in [5.74, 6) is 0. The van der Waals surface area contributed by atoms with E-state index in [1.54, 1.807) is 12.5 Å². The molecule has 1 N–H and O–H groups in total. The normalized spacial score (nSPS) is 13.6. The van der Waals surface area contributed by atoms with Crippen molar-refractivity contribution < 1.29 is 0 Å². The number of hydrogen-bond acceptors (Lipinski definition) is 3. The molecule has 1 aliphatic carbocycles. The van der Waals surface area contributed by atoms with E-state index in [0.717, 1.165) is 18.8 Å². The predicted molar refractivity (Wildman–Crippen MR) is 71.0 cm³/mol. The van der Waals surface area contributed by atoms with E-state index in [1.807, 2.05) is 6.07 Å². The molecule has 1 aromatic carbocycles. The number of nitrogens with one attached hydrogen (secondary N) is 1. The highest BCUT2D eigenvalue weighted by molar-refractivity contribution is 5.35. The first-order valence-corrected chi connectivity index (χ1v) is 6.48. The van der Waals surface area contributed by atoms with Gasteiger partial charge in [-0.1, -0.05) is 18.2 Å². The second-order valence-corrected chi connectivity index (χ2v) is 4.76. The molecule has 2 aromatic rings. The first kappa shape index (κ1) is 11.4. The third-order valence-electron chi connectivity index (χ3n) is 3.44. The molecular formula is C15H17N3. The minimum absolute atomic E-state index is 0.791. The lowest BCUT2D eigenvalue weighted by atomic mass is 10.1. The molecule has 0 saturated carbocycles. The van der Waals surface area contributed by atoms with E-state index >= 15 is 0 Å². The molecule has 3 nitrogen and oxygen atoms in total. The van der Waals surface area contributed by atoms with E-state index in [1.165, 1.54) is 36.0 Å². The van der Waals surface area contributed by atoms with Crippen molar-refractivity contribution in [2.24, 2.45) is 0 Å². The third-order valence-corrected chi connectivity index (χ3v) is 3.44. The van der Waals surface area contributed by atoms with E-state index in [9.17, 15) is 0 Å². The molecule has 3 rings (SSSR count). The summed E-state index contributed by atoms with van der Waals surface area (Å²) in [6, 6.07) is 8.80. The second-order valence-electron chi connectivity index (χ2n) is 4.76. The number of hydrogen-bond donors (Lipinski definition) is 1. The molecule has 1 aromatic heterocycles. The standard InChI is InChI=1S/C15H17N3/c1-2-13-5-4-12(8-14(13)3-1)9-17-10-15-6-7-16-11-18-15/h4-8,11,17H,1-3,9-10H2. The summed E-state index contributed by atoms with van der Waals surface area (Å²) in [6.07, 6.45) is 7.18. The average molecular weight is 239 g/mol. The zero-order chi connectivity index (χ0) is 12.2. The van der Waals surface area contributed by atoms with Gasteiger partial charge in [-0.05, 0) is 42.0 Å². The lowest BCUT2D eigenvalue weighted by Crippen LogP contribution is -2.13. The molecule has 0 radical (unpaired) electrons. The van der Waals surface area contributed by atoms with Crippen molar-refractivity contribution in [1.29, 1.82) is 0 Å². The van der Waals surface area contributed by atoms with Gasteiger partial charge in [-0.25, -0.2) is 9.97 Å². The Hall–Kier alpha value is -1.74. The molecule has 0 amide bonds. The summed E-state index contributed by atoms with van der Waals surface area (Å²) in [7, 11) is 0. The summed E-state index contributed by atoms with van der Waals surface area (Å²) in [4.78, 5) is 8.11. The van der Waals surface area contributed by atoms with Gasteiger partial charge in [0, 0.05) is 19.3 Å². The largest absolute Gasteiger partial charge is 0.307 e. The highest BCUT2D eigenvalue weighted by atomic mass is 14.9. The van der Waals surface area contributed by atoms with Gasteiger partial charge < -0.3 is 5.32 Å². The second kappa shape index (κ2) is 5.27. The van der Waals surface area contributed by atoms with Crippen LogP contribution in [-0.2, 0) is 25.9 Å². The van der Waals surface area contributed by atoms with Crippen LogP contribution in [0.25, 0.3) is 0 Å². The van der Waals surface area contributed by atoms with Crippen LogP contribution in [0.2, 0.25) is 0 Å². The molecule has 0 atom stereocenters. The molecule has 1 heterocycles. The van der Waals surface area contributed by atoms with Crippen molar-refractivity contribution in [1.82, 2.24) is 15.3 Å². The first-order valence-electron chi connectivity index (χ1n) is 6.48. The van der Waals surface area contributed by atoms with E-state index in [2.05, 4.69) is 33.5 Å². The number of fused-ring (bicyclic) bond motifs is 1. The SMILES string of the molecule is c1cc(CNCc2ccc3c(c2)CCC3)ncn1. The van der Waals surface area contributed by atoms with Crippen LogP contribution in [0.5, 0.6) is 0 Å². The lowest BCUT2D eigenvalue weighted by molar-refractivity contribution is 0.677. The van der Waals surface area contributed by atoms with E-state index < -0.39 is 0 Å². The highest BCUT2D eigenvalue weighted by Gasteiger charge is 2.10. The van der Waals surface area contributed by atoms with Crippen molar-refractivity contribution in [2.45, 2.75) is 32.4 Å². The summed E-state index contributed by atoms with van der Waals surface area (Å²) in [5, 5.41) is 3.42. The zero-order valence-electron chi connectivity index (χ0n) is 10.4. The zero-order valence-corrected chi connectivity index (χ0v) is 10.4. The van der Waals surface area contributed by atoms with Crippen LogP contribution < -0.4 is 5.32 Å². The maximum Gasteiger partial charge on any atom is 0.115 e. The Balaban J connectivity index is 1.57. The Bertz CT molecular complexity index is 523. The molecule has 92 valence electrons. The maximum atomic E-state index is 4.19. The quantitative estimate of drug-likeness (QED) is 0.889. The van der Waals surface area contributed by atoms with Crippen molar-refractivity contribution in [3.8, 4) is 0 Å². The maximum absolute atomic E-state index is 4.19. The van der Waals surface area contributed by atoms with Crippen LogP contribution >= 0.6 is 0 Å². The van der Waals surface area contributed by atoms with Gasteiger partial charge in [-0.3, -0.25) is 0 Å². The van der Waals surface area contributed by atoms with Crippen molar-refractivity contribution in [3.63, 3.8) is 0 Å². The van der Waals surface area contributed by atoms with Gasteiger partial charge in [-0.2, -0.15) is 0 Å². The molecule has 3 heteroatoms. The molecule has 0 bridgehead atoms. The summed E-state index contributed by atoms with van der Waals surface area (Å²) in [5.41, 5.74) is 5.47. The van der Waals surface area contributed by atoms with Gasteiger partial charge in [0.05, 0.1) is 5.69 Å². The molecule has 0 fully saturated rings. The molecule has 0 spiro atoms. The minimum Gasteiger partial charge on any atom is -0.307 e. The fourth-order valence-corrected chi connectivity index (χ4v) is 2.49. The molecule has 0 unspecified atom stereocenters. The Labute approximate surface area is 107 Å². The summed E-state index contributed by atoms with van der Waals surface area (Å²) in [6.45, 7) is 1.69. The van der Waals surface area contributed by atoms with Gasteiger partial charge in [-0.15, -0.1) is 0 Å². The summed E-state index contributed by atoms with van der Waals surface area (Å²) < 4.78 is 0. The Morgan fingerprint density at radius 3 is 2.89 bits per heavy atom. The van der Waals surface area contributed by atoms with Gasteiger partial charge in [0.15, 0.2) is 0 Å². The first-order chi connectivity index (χ1) is 8.92. The van der Waals surface area contributed by atoms with Crippen LogP contribution in [0.1, 0.15) is 28.8 Å². The van der Waals surface area contributed by atoms with Crippen molar-refractivity contribution in [2.75, 3.05) is 0 Å². The van der Waals surface area contributed by atoms with Crippen LogP contribution in [0, 0.1) is 0 Å². The number of rotatable bonds is 4. The minimum atomic E-state index is 0.791.